The first-order chi connectivity index (χ1) is 10.8. The van der Waals surface area contributed by atoms with Crippen LogP contribution in [-0.2, 0) is 6.42 Å². The number of aryl methyl sites for hydroxylation is 1. The number of carbonyl (C=O) groups excluding carboxylic acids is 1. The van der Waals surface area contributed by atoms with Crippen LogP contribution >= 0.6 is 0 Å². The maximum absolute atomic E-state index is 12.4. The van der Waals surface area contributed by atoms with Gasteiger partial charge in [-0.1, -0.05) is 44.0 Å². The minimum atomic E-state index is 0.330. The molecule has 1 radical (unpaired) electrons. The molecule has 1 heterocycles. The summed E-state index contributed by atoms with van der Waals surface area (Å²) in [6.07, 6.45) is 11.1. The Morgan fingerprint density at radius 3 is 2.64 bits per heavy atom. The molecule has 1 fully saturated rings. The van der Waals surface area contributed by atoms with Crippen LogP contribution in [-0.4, -0.2) is 30.3 Å². The highest BCUT2D eigenvalue weighted by Crippen LogP contribution is 2.16. The highest BCUT2D eigenvalue weighted by atomic mass is 16.1. The van der Waals surface area contributed by atoms with Gasteiger partial charge in [0.15, 0.2) is 5.78 Å². The van der Waals surface area contributed by atoms with Crippen molar-refractivity contribution in [3.05, 3.63) is 41.8 Å². The van der Waals surface area contributed by atoms with Gasteiger partial charge in [0.25, 0.3) is 0 Å². The van der Waals surface area contributed by atoms with Gasteiger partial charge in [-0.05, 0) is 63.7 Å². The molecule has 2 nitrogen and oxygen atoms in total. The fourth-order valence-electron chi connectivity index (χ4n) is 3.24. The molecule has 2 rings (SSSR count). The normalized spacial score (nSPS) is 15.9. The van der Waals surface area contributed by atoms with Crippen LogP contribution in [0.25, 0.3) is 0 Å². The van der Waals surface area contributed by atoms with Crippen molar-refractivity contribution in [2.24, 2.45) is 0 Å². The van der Waals surface area contributed by atoms with Gasteiger partial charge < -0.3 is 4.90 Å². The van der Waals surface area contributed by atoms with Crippen LogP contribution in [0.1, 0.15) is 67.8 Å². The smallest absolute Gasteiger partial charge is 0.163 e. The fourth-order valence-corrected chi connectivity index (χ4v) is 3.24. The standard InChI is InChI=1S/C20H30NO/c1-2-11-18-12-6-7-13-19(18)20(22)14-5-3-8-15-21-16-9-4-10-17-21/h4,6-7,12-13H,2-3,5,8-11,14-17H2,1H3. The van der Waals surface area contributed by atoms with E-state index < -0.39 is 0 Å². The number of Topliss-reactive ketones (excluding diaryl/α,β-unsaturated/α-hetero) is 1. The summed E-state index contributed by atoms with van der Waals surface area (Å²) in [5, 5.41) is 0. The molecule has 0 amide bonds. The number of benzene rings is 1. The fraction of sp³-hybridized carbons (Fsp3) is 0.600. The van der Waals surface area contributed by atoms with Gasteiger partial charge in [0, 0.05) is 12.0 Å². The van der Waals surface area contributed by atoms with E-state index in [0.717, 1.165) is 24.8 Å². The maximum atomic E-state index is 12.4. The van der Waals surface area contributed by atoms with Crippen LogP contribution in [0.2, 0.25) is 0 Å². The summed E-state index contributed by atoms with van der Waals surface area (Å²) < 4.78 is 0. The number of rotatable bonds is 9. The average Bonchev–Trinajstić information content (AvgIpc) is 2.56. The summed E-state index contributed by atoms with van der Waals surface area (Å²) in [5.74, 6) is 0.330. The first-order valence-electron chi connectivity index (χ1n) is 8.96. The highest BCUT2D eigenvalue weighted by Gasteiger charge is 2.11. The van der Waals surface area contributed by atoms with Crippen molar-refractivity contribution in [3.8, 4) is 0 Å². The van der Waals surface area contributed by atoms with E-state index in [1.807, 2.05) is 18.2 Å². The van der Waals surface area contributed by atoms with Crippen molar-refractivity contribution < 1.29 is 4.79 Å². The van der Waals surface area contributed by atoms with E-state index >= 15 is 0 Å². The lowest BCUT2D eigenvalue weighted by Gasteiger charge is -2.26. The van der Waals surface area contributed by atoms with E-state index in [2.05, 4.69) is 24.3 Å². The SMILES string of the molecule is CCCc1ccccc1C(=O)CCCCCN1CC[CH]CC1. The molecule has 1 saturated heterocycles. The van der Waals surface area contributed by atoms with E-state index in [0.29, 0.717) is 12.2 Å². The maximum Gasteiger partial charge on any atom is 0.163 e. The largest absolute Gasteiger partial charge is 0.303 e. The third-order valence-corrected chi connectivity index (χ3v) is 4.51. The van der Waals surface area contributed by atoms with Crippen molar-refractivity contribution in [1.82, 2.24) is 4.90 Å². The zero-order valence-corrected chi connectivity index (χ0v) is 14.0. The lowest BCUT2D eigenvalue weighted by molar-refractivity contribution is 0.0977. The van der Waals surface area contributed by atoms with E-state index in [1.165, 1.54) is 50.9 Å². The first kappa shape index (κ1) is 17.2. The molecule has 1 aromatic carbocycles. The van der Waals surface area contributed by atoms with Gasteiger partial charge in [0.1, 0.15) is 0 Å². The van der Waals surface area contributed by atoms with Gasteiger partial charge in [-0.15, -0.1) is 0 Å². The zero-order valence-electron chi connectivity index (χ0n) is 14.0. The van der Waals surface area contributed by atoms with Crippen molar-refractivity contribution in [2.45, 2.75) is 58.3 Å². The minimum absolute atomic E-state index is 0.330. The molecule has 22 heavy (non-hydrogen) atoms. The molecule has 0 spiro atoms. The Balaban J connectivity index is 1.67. The third kappa shape index (κ3) is 5.57. The Bertz CT molecular complexity index is 449. The van der Waals surface area contributed by atoms with Crippen molar-refractivity contribution in [1.29, 1.82) is 0 Å². The average molecular weight is 300 g/mol. The van der Waals surface area contributed by atoms with Gasteiger partial charge in [0.2, 0.25) is 0 Å². The van der Waals surface area contributed by atoms with Crippen LogP contribution in [0.4, 0.5) is 0 Å². The molecule has 0 atom stereocenters. The second kappa shape index (κ2) is 9.78. The van der Waals surface area contributed by atoms with Crippen LogP contribution in [0, 0.1) is 6.42 Å². The quantitative estimate of drug-likeness (QED) is 0.487. The first-order valence-corrected chi connectivity index (χ1v) is 8.96. The Kier molecular flexibility index (Phi) is 7.65. The summed E-state index contributed by atoms with van der Waals surface area (Å²) >= 11 is 0. The molecule has 0 N–H and O–H groups in total. The number of carbonyl (C=O) groups is 1. The van der Waals surface area contributed by atoms with Crippen LogP contribution < -0.4 is 0 Å². The molecular weight excluding hydrogens is 270 g/mol. The summed E-state index contributed by atoms with van der Waals surface area (Å²) in [6, 6.07) is 8.12. The predicted molar refractivity (Wildman–Crippen MR) is 93.2 cm³/mol. The number of hydrogen-bond acceptors (Lipinski definition) is 2. The van der Waals surface area contributed by atoms with Crippen LogP contribution in [0.3, 0.4) is 0 Å². The lowest BCUT2D eigenvalue weighted by Crippen LogP contribution is -2.30. The molecule has 1 aromatic rings. The third-order valence-electron chi connectivity index (χ3n) is 4.51. The lowest BCUT2D eigenvalue weighted by atomic mass is 9.97. The Labute approximate surface area is 135 Å². The van der Waals surface area contributed by atoms with Gasteiger partial charge >= 0.3 is 0 Å². The van der Waals surface area contributed by atoms with E-state index in [-0.39, 0.29) is 0 Å². The molecule has 0 saturated carbocycles. The second-order valence-electron chi connectivity index (χ2n) is 6.35. The monoisotopic (exact) mass is 300 g/mol. The Morgan fingerprint density at radius 2 is 1.86 bits per heavy atom. The number of hydrogen-bond donors (Lipinski definition) is 0. The minimum Gasteiger partial charge on any atom is -0.303 e. The summed E-state index contributed by atoms with van der Waals surface area (Å²) in [6.45, 7) is 5.82. The van der Waals surface area contributed by atoms with Crippen LogP contribution in [0.15, 0.2) is 24.3 Å². The van der Waals surface area contributed by atoms with Crippen LogP contribution in [0.5, 0.6) is 0 Å². The van der Waals surface area contributed by atoms with Gasteiger partial charge in [-0.2, -0.15) is 0 Å². The molecule has 121 valence electrons. The van der Waals surface area contributed by atoms with E-state index in [9.17, 15) is 4.79 Å². The zero-order chi connectivity index (χ0) is 15.6. The summed E-state index contributed by atoms with van der Waals surface area (Å²) in [7, 11) is 0. The van der Waals surface area contributed by atoms with E-state index in [4.69, 9.17) is 0 Å². The molecule has 1 aliphatic heterocycles. The second-order valence-corrected chi connectivity index (χ2v) is 6.35. The molecule has 1 aliphatic rings. The predicted octanol–water partition coefficient (Wildman–Crippen LogP) is 4.68. The van der Waals surface area contributed by atoms with Gasteiger partial charge in [-0.3, -0.25) is 4.79 Å². The van der Waals surface area contributed by atoms with Crippen molar-refractivity contribution in [2.75, 3.05) is 19.6 Å². The number of piperidine rings is 1. The van der Waals surface area contributed by atoms with Crippen molar-refractivity contribution >= 4 is 5.78 Å². The number of likely N-dealkylation sites (tertiary alicyclic amines) is 1. The number of unbranched alkanes of at least 4 members (excludes halogenated alkanes) is 2. The van der Waals surface area contributed by atoms with Gasteiger partial charge in [0.05, 0.1) is 0 Å². The van der Waals surface area contributed by atoms with E-state index in [1.54, 1.807) is 0 Å². The molecule has 0 unspecified atom stereocenters. The van der Waals surface area contributed by atoms with Crippen molar-refractivity contribution in [3.63, 3.8) is 0 Å². The molecule has 0 aromatic heterocycles. The topological polar surface area (TPSA) is 20.3 Å². The molecule has 2 heteroatoms. The number of ketones is 1. The Morgan fingerprint density at radius 1 is 1.09 bits per heavy atom. The highest BCUT2D eigenvalue weighted by molar-refractivity contribution is 5.97. The van der Waals surface area contributed by atoms with Gasteiger partial charge in [-0.25, -0.2) is 0 Å². The molecular formula is C20H30NO. The molecule has 0 aliphatic carbocycles. The number of nitrogens with zero attached hydrogens (tertiary/aromatic N) is 1. The Hall–Kier alpha value is -1.15. The summed E-state index contributed by atoms with van der Waals surface area (Å²) in [4.78, 5) is 14.9. The molecule has 0 bridgehead atoms. The summed E-state index contributed by atoms with van der Waals surface area (Å²) in [5.41, 5.74) is 2.18.